The predicted octanol–water partition coefficient (Wildman–Crippen LogP) is 0.955. The molecule has 1 aliphatic rings. The van der Waals surface area contributed by atoms with Crippen LogP contribution < -0.4 is 11.2 Å². The highest BCUT2D eigenvalue weighted by Gasteiger charge is 2.24. The third-order valence-corrected chi connectivity index (χ3v) is 5.39. The SMILES string of the molecule is Cn1nc(-c2ccccc2)c2c1CCN(C(=O)CCn1ccc(=O)[nH]c1=O)CC2. The first kappa shape index (κ1) is 18.9. The van der Waals surface area contributed by atoms with Crippen LogP contribution in [0.15, 0.2) is 52.2 Å². The largest absolute Gasteiger partial charge is 0.342 e. The number of aromatic nitrogens is 4. The molecule has 0 atom stereocenters. The maximum absolute atomic E-state index is 12.7. The number of carbonyl (C=O) groups is 1. The second-order valence-electron chi connectivity index (χ2n) is 7.20. The lowest BCUT2D eigenvalue weighted by molar-refractivity contribution is -0.131. The molecular weight excluding hydrogens is 370 g/mol. The van der Waals surface area contributed by atoms with Gasteiger partial charge in [-0.1, -0.05) is 30.3 Å². The van der Waals surface area contributed by atoms with Gasteiger partial charge in [0.1, 0.15) is 0 Å². The Labute approximate surface area is 167 Å². The van der Waals surface area contributed by atoms with E-state index in [1.807, 2.05) is 34.8 Å². The molecule has 1 N–H and O–H groups in total. The number of nitrogens with zero attached hydrogens (tertiary/aromatic N) is 4. The van der Waals surface area contributed by atoms with Gasteiger partial charge in [-0.2, -0.15) is 5.10 Å². The summed E-state index contributed by atoms with van der Waals surface area (Å²) in [6, 6.07) is 11.4. The molecule has 0 radical (unpaired) electrons. The van der Waals surface area contributed by atoms with Crippen molar-refractivity contribution in [3.05, 3.63) is 74.7 Å². The Kier molecular flexibility index (Phi) is 5.16. The molecule has 8 heteroatoms. The number of rotatable bonds is 4. The summed E-state index contributed by atoms with van der Waals surface area (Å²) in [6.45, 7) is 1.49. The predicted molar refractivity (Wildman–Crippen MR) is 109 cm³/mol. The first-order valence-corrected chi connectivity index (χ1v) is 9.70. The molecule has 4 rings (SSSR count). The van der Waals surface area contributed by atoms with E-state index in [1.54, 1.807) is 0 Å². The standard InChI is InChI=1S/C21H23N5O3/c1-24-17-8-12-25(19(28)10-14-26-13-9-18(27)22-21(26)29)11-7-16(17)20(23-24)15-5-3-2-4-6-15/h2-6,9,13H,7-8,10-12,14H2,1H3,(H,22,27,29). The van der Waals surface area contributed by atoms with Gasteiger partial charge < -0.3 is 9.47 Å². The van der Waals surface area contributed by atoms with E-state index in [9.17, 15) is 14.4 Å². The van der Waals surface area contributed by atoms with E-state index in [0.29, 0.717) is 13.1 Å². The molecule has 0 spiro atoms. The van der Waals surface area contributed by atoms with Gasteiger partial charge in [0.2, 0.25) is 5.91 Å². The van der Waals surface area contributed by atoms with Crippen molar-refractivity contribution in [1.29, 1.82) is 0 Å². The Morgan fingerprint density at radius 1 is 1.10 bits per heavy atom. The zero-order chi connectivity index (χ0) is 20.4. The summed E-state index contributed by atoms with van der Waals surface area (Å²) in [6.07, 6.45) is 3.13. The molecule has 0 saturated carbocycles. The molecule has 0 aliphatic carbocycles. The van der Waals surface area contributed by atoms with Gasteiger partial charge in [-0.3, -0.25) is 19.3 Å². The van der Waals surface area contributed by atoms with Crippen LogP contribution in [0.1, 0.15) is 17.7 Å². The molecule has 0 unspecified atom stereocenters. The summed E-state index contributed by atoms with van der Waals surface area (Å²) < 4.78 is 3.27. The topological polar surface area (TPSA) is 93.0 Å². The number of nitrogens with one attached hydrogen (secondary N) is 1. The van der Waals surface area contributed by atoms with Gasteiger partial charge in [0.15, 0.2) is 0 Å². The fourth-order valence-electron chi connectivity index (χ4n) is 3.85. The van der Waals surface area contributed by atoms with Crippen LogP contribution in [0.2, 0.25) is 0 Å². The lowest BCUT2D eigenvalue weighted by Crippen LogP contribution is -2.35. The molecule has 1 amide bonds. The van der Waals surface area contributed by atoms with Crippen LogP contribution in [0, 0.1) is 0 Å². The minimum atomic E-state index is -0.493. The molecule has 3 heterocycles. The molecule has 1 aromatic carbocycles. The number of hydrogen-bond donors (Lipinski definition) is 1. The van der Waals surface area contributed by atoms with E-state index >= 15 is 0 Å². The summed E-state index contributed by atoms with van der Waals surface area (Å²) in [5.74, 6) is 0.00475. The summed E-state index contributed by atoms with van der Waals surface area (Å²) in [7, 11) is 1.95. The van der Waals surface area contributed by atoms with Gasteiger partial charge in [0, 0.05) is 68.6 Å². The second kappa shape index (κ2) is 7.90. The van der Waals surface area contributed by atoms with Crippen LogP contribution in [0.3, 0.4) is 0 Å². The smallest absolute Gasteiger partial charge is 0.328 e. The van der Waals surface area contributed by atoms with Crippen molar-refractivity contribution in [1.82, 2.24) is 24.2 Å². The first-order valence-electron chi connectivity index (χ1n) is 9.70. The van der Waals surface area contributed by atoms with Crippen LogP contribution in [0.4, 0.5) is 0 Å². The van der Waals surface area contributed by atoms with Gasteiger partial charge >= 0.3 is 5.69 Å². The van der Waals surface area contributed by atoms with Crippen molar-refractivity contribution in [2.75, 3.05) is 13.1 Å². The maximum atomic E-state index is 12.7. The molecular formula is C21H23N5O3. The zero-order valence-corrected chi connectivity index (χ0v) is 16.3. The van der Waals surface area contributed by atoms with Crippen molar-refractivity contribution in [2.24, 2.45) is 7.05 Å². The highest BCUT2D eigenvalue weighted by molar-refractivity contribution is 5.76. The van der Waals surface area contributed by atoms with Crippen molar-refractivity contribution < 1.29 is 4.79 Å². The van der Waals surface area contributed by atoms with Gasteiger partial charge in [-0.25, -0.2) is 4.79 Å². The highest BCUT2D eigenvalue weighted by atomic mass is 16.2. The minimum absolute atomic E-state index is 0.00475. The number of carbonyl (C=O) groups excluding carboxylic acids is 1. The number of aryl methyl sites for hydroxylation is 2. The Bertz CT molecular complexity index is 1140. The van der Waals surface area contributed by atoms with Gasteiger partial charge in [-0.15, -0.1) is 0 Å². The van der Waals surface area contributed by atoms with E-state index < -0.39 is 11.2 Å². The van der Waals surface area contributed by atoms with Gasteiger partial charge in [0.05, 0.1) is 5.69 Å². The quantitative estimate of drug-likeness (QED) is 0.714. The van der Waals surface area contributed by atoms with Crippen molar-refractivity contribution >= 4 is 5.91 Å². The summed E-state index contributed by atoms with van der Waals surface area (Å²) >= 11 is 0. The molecule has 29 heavy (non-hydrogen) atoms. The minimum Gasteiger partial charge on any atom is -0.342 e. The highest BCUT2D eigenvalue weighted by Crippen LogP contribution is 2.28. The summed E-state index contributed by atoms with van der Waals surface area (Å²) in [4.78, 5) is 39.7. The van der Waals surface area contributed by atoms with E-state index in [0.717, 1.165) is 29.8 Å². The van der Waals surface area contributed by atoms with Crippen LogP contribution in [0.5, 0.6) is 0 Å². The van der Waals surface area contributed by atoms with Crippen molar-refractivity contribution in [3.63, 3.8) is 0 Å². The molecule has 1 aliphatic heterocycles. The van der Waals surface area contributed by atoms with Gasteiger partial charge in [-0.05, 0) is 6.42 Å². The van der Waals surface area contributed by atoms with E-state index in [2.05, 4.69) is 17.1 Å². The van der Waals surface area contributed by atoms with Crippen molar-refractivity contribution in [3.8, 4) is 11.3 Å². The molecule has 8 nitrogen and oxygen atoms in total. The van der Waals surface area contributed by atoms with E-state index in [1.165, 1.54) is 22.4 Å². The molecule has 2 aromatic heterocycles. The molecule has 0 fully saturated rings. The third-order valence-electron chi connectivity index (χ3n) is 5.39. The maximum Gasteiger partial charge on any atom is 0.328 e. The lowest BCUT2D eigenvalue weighted by Gasteiger charge is -2.20. The molecule has 3 aromatic rings. The number of benzene rings is 1. The number of amides is 1. The Morgan fingerprint density at radius 2 is 1.86 bits per heavy atom. The monoisotopic (exact) mass is 393 g/mol. The van der Waals surface area contributed by atoms with Crippen LogP contribution >= 0.6 is 0 Å². The van der Waals surface area contributed by atoms with Crippen molar-refractivity contribution in [2.45, 2.75) is 25.8 Å². The Hall–Kier alpha value is -3.42. The van der Waals surface area contributed by atoms with E-state index in [-0.39, 0.29) is 18.9 Å². The Morgan fingerprint density at radius 3 is 2.62 bits per heavy atom. The van der Waals surface area contributed by atoms with Crippen LogP contribution in [-0.4, -0.2) is 43.2 Å². The Balaban J connectivity index is 1.46. The molecule has 0 saturated heterocycles. The number of fused-ring (bicyclic) bond motifs is 1. The summed E-state index contributed by atoms with van der Waals surface area (Å²) in [5, 5.41) is 4.71. The number of H-pyrrole nitrogens is 1. The lowest BCUT2D eigenvalue weighted by atomic mass is 10.0. The first-order chi connectivity index (χ1) is 14.0. The van der Waals surface area contributed by atoms with Gasteiger partial charge in [0.25, 0.3) is 5.56 Å². The molecule has 0 bridgehead atoms. The normalized spacial score (nSPS) is 13.8. The van der Waals surface area contributed by atoms with Crippen LogP contribution in [0.25, 0.3) is 11.3 Å². The molecule has 150 valence electrons. The number of hydrogen-bond acceptors (Lipinski definition) is 4. The van der Waals surface area contributed by atoms with E-state index in [4.69, 9.17) is 5.10 Å². The average molecular weight is 393 g/mol. The zero-order valence-electron chi connectivity index (χ0n) is 16.3. The second-order valence-corrected chi connectivity index (χ2v) is 7.20. The third kappa shape index (κ3) is 3.91. The number of aromatic amines is 1. The summed E-state index contributed by atoms with van der Waals surface area (Å²) in [5.41, 5.74) is 3.50. The fourth-order valence-corrected chi connectivity index (χ4v) is 3.85. The van der Waals surface area contributed by atoms with Crippen LogP contribution in [-0.2, 0) is 31.2 Å². The average Bonchev–Trinajstić information content (AvgIpc) is 2.89. The fraction of sp³-hybridized carbons (Fsp3) is 0.333.